The van der Waals surface area contributed by atoms with Crippen molar-refractivity contribution in [3.05, 3.63) is 79.5 Å². The molecule has 0 fully saturated rings. The number of Topliss-reactive ketones (excluding diaryl/α,β-unsaturated/α-hetero) is 1. The standard InChI is InChI=1S/C24H17BrCl2FN3O5S/c1-2-19(32)16-4-6-18(21(27)24(16)37(30,34)35)31-20(33)9-13-3-5-17(25)23(22(13)28)36-15-8-12(11-29)7-14(26)10-15/h3-8,10H,2,9H2,1H3,(H,31,33)(H2,30,34,35). The summed E-state index contributed by atoms with van der Waals surface area (Å²) in [6.07, 6.45) is -0.476. The van der Waals surface area contributed by atoms with Gasteiger partial charge in [0.2, 0.25) is 15.9 Å². The summed E-state index contributed by atoms with van der Waals surface area (Å²) < 4.78 is 45.3. The van der Waals surface area contributed by atoms with Crippen LogP contribution in [0.1, 0.15) is 34.8 Å². The van der Waals surface area contributed by atoms with E-state index in [1.165, 1.54) is 42.5 Å². The molecular weight excluding hydrogens is 612 g/mol. The molecule has 1 amide bonds. The lowest BCUT2D eigenvalue weighted by Crippen LogP contribution is -2.20. The van der Waals surface area contributed by atoms with Gasteiger partial charge in [0.1, 0.15) is 10.6 Å². The number of nitrogens with two attached hydrogens (primary N) is 1. The minimum Gasteiger partial charge on any atom is -0.453 e. The molecule has 192 valence electrons. The smallest absolute Gasteiger partial charge is 0.240 e. The van der Waals surface area contributed by atoms with E-state index in [2.05, 4.69) is 21.2 Å². The third kappa shape index (κ3) is 6.66. The Hall–Kier alpha value is -3.01. The Labute approximate surface area is 230 Å². The van der Waals surface area contributed by atoms with E-state index >= 15 is 4.39 Å². The second-order valence-corrected chi connectivity index (χ2v) is 10.8. The molecule has 0 aliphatic rings. The fraction of sp³-hybridized carbons (Fsp3) is 0.125. The number of hydrogen-bond donors (Lipinski definition) is 2. The maximum atomic E-state index is 15.3. The average molecular weight is 629 g/mol. The zero-order valence-corrected chi connectivity index (χ0v) is 22.9. The van der Waals surface area contributed by atoms with Crippen LogP contribution in [0.4, 0.5) is 10.1 Å². The lowest BCUT2D eigenvalue weighted by Gasteiger charge is -2.15. The van der Waals surface area contributed by atoms with Gasteiger partial charge in [0, 0.05) is 22.6 Å². The third-order valence-electron chi connectivity index (χ3n) is 4.98. The van der Waals surface area contributed by atoms with Crippen LogP contribution in [0.3, 0.4) is 0 Å². The molecule has 0 aliphatic heterocycles. The minimum atomic E-state index is -4.41. The topological polar surface area (TPSA) is 139 Å². The largest absolute Gasteiger partial charge is 0.453 e. The summed E-state index contributed by atoms with van der Waals surface area (Å²) in [5, 5.41) is 16.5. The number of ether oxygens (including phenoxy) is 1. The van der Waals surface area contributed by atoms with Gasteiger partial charge in [0.05, 0.1) is 33.2 Å². The monoisotopic (exact) mass is 627 g/mol. The van der Waals surface area contributed by atoms with Crippen LogP contribution < -0.4 is 15.2 Å². The maximum Gasteiger partial charge on any atom is 0.240 e. The summed E-state index contributed by atoms with van der Waals surface area (Å²) in [7, 11) is -4.41. The van der Waals surface area contributed by atoms with E-state index in [4.69, 9.17) is 38.3 Å². The van der Waals surface area contributed by atoms with Crippen molar-refractivity contribution in [2.45, 2.75) is 24.7 Å². The fourth-order valence-corrected chi connectivity index (χ4v) is 5.31. The molecule has 0 heterocycles. The molecule has 37 heavy (non-hydrogen) atoms. The van der Waals surface area contributed by atoms with Crippen LogP contribution in [0.15, 0.2) is 51.8 Å². The molecule has 13 heteroatoms. The molecule has 0 bridgehead atoms. The van der Waals surface area contributed by atoms with Crippen molar-refractivity contribution < 1.29 is 27.1 Å². The molecular formula is C24H17BrCl2FN3O5S. The van der Waals surface area contributed by atoms with Crippen molar-refractivity contribution in [2.24, 2.45) is 5.14 Å². The normalized spacial score (nSPS) is 11.1. The van der Waals surface area contributed by atoms with Gasteiger partial charge in [0.25, 0.3) is 0 Å². The quantitative estimate of drug-likeness (QED) is 0.294. The van der Waals surface area contributed by atoms with Crippen LogP contribution in [0, 0.1) is 17.1 Å². The molecule has 0 saturated heterocycles. The number of rotatable bonds is 8. The van der Waals surface area contributed by atoms with Crippen molar-refractivity contribution >= 4 is 66.5 Å². The number of halogens is 4. The van der Waals surface area contributed by atoms with Crippen LogP contribution in [0.25, 0.3) is 0 Å². The molecule has 3 aromatic carbocycles. The second-order valence-electron chi connectivity index (χ2n) is 7.59. The van der Waals surface area contributed by atoms with Gasteiger partial charge >= 0.3 is 0 Å². The highest BCUT2D eigenvalue weighted by Crippen LogP contribution is 2.36. The van der Waals surface area contributed by atoms with Gasteiger partial charge < -0.3 is 10.1 Å². The summed E-state index contributed by atoms with van der Waals surface area (Å²) in [6.45, 7) is 1.54. The number of hydrogen-bond acceptors (Lipinski definition) is 6. The summed E-state index contributed by atoms with van der Waals surface area (Å²) in [6, 6.07) is 11.4. The molecule has 0 saturated carbocycles. The van der Waals surface area contributed by atoms with E-state index in [1.807, 2.05) is 6.07 Å². The van der Waals surface area contributed by atoms with E-state index in [1.54, 1.807) is 6.92 Å². The van der Waals surface area contributed by atoms with Gasteiger partial charge in [-0.25, -0.2) is 17.9 Å². The van der Waals surface area contributed by atoms with Crippen LogP contribution >= 0.6 is 39.1 Å². The number of nitrogens with one attached hydrogen (secondary N) is 1. The van der Waals surface area contributed by atoms with E-state index in [9.17, 15) is 18.0 Å². The van der Waals surface area contributed by atoms with Gasteiger partial charge in [-0.3, -0.25) is 9.59 Å². The molecule has 3 rings (SSSR count). The van der Waals surface area contributed by atoms with Crippen LogP contribution in [0.5, 0.6) is 11.5 Å². The van der Waals surface area contributed by atoms with Crippen molar-refractivity contribution in [3.8, 4) is 17.6 Å². The fourth-order valence-electron chi connectivity index (χ4n) is 3.32. The van der Waals surface area contributed by atoms with Gasteiger partial charge in [0.15, 0.2) is 17.3 Å². The number of nitriles is 1. The molecule has 3 aromatic rings. The zero-order valence-electron chi connectivity index (χ0n) is 18.9. The van der Waals surface area contributed by atoms with Crippen molar-refractivity contribution in [1.29, 1.82) is 5.26 Å². The first kappa shape index (κ1) is 28.6. The predicted molar refractivity (Wildman–Crippen MR) is 140 cm³/mol. The maximum absolute atomic E-state index is 15.3. The SMILES string of the molecule is CCC(=O)c1ccc(NC(=O)Cc2ccc(Br)c(Oc3cc(Cl)cc(C#N)c3)c2F)c(Cl)c1S(N)(=O)=O. The van der Waals surface area contributed by atoms with E-state index in [0.717, 1.165) is 0 Å². The number of carbonyl (C=O) groups excluding carboxylic acids is 2. The van der Waals surface area contributed by atoms with Gasteiger partial charge in [-0.05, 0) is 52.3 Å². The Kier molecular flexibility index (Phi) is 8.94. The lowest BCUT2D eigenvalue weighted by molar-refractivity contribution is -0.115. The molecule has 0 aromatic heterocycles. The third-order valence-corrected chi connectivity index (χ3v) is 7.32. The highest BCUT2D eigenvalue weighted by molar-refractivity contribution is 9.10. The van der Waals surface area contributed by atoms with Crippen molar-refractivity contribution in [3.63, 3.8) is 0 Å². The van der Waals surface area contributed by atoms with E-state index in [-0.39, 0.29) is 49.8 Å². The number of sulfonamides is 1. The van der Waals surface area contributed by atoms with Crippen LogP contribution in [-0.4, -0.2) is 20.1 Å². The molecule has 0 atom stereocenters. The summed E-state index contributed by atoms with van der Waals surface area (Å²) in [5.74, 6) is -2.24. The Bertz CT molecular complexity index is 1580. The van der Waals surface area contributed by atoms with Crippen molar-refractivity contribution in [2.75, 3.05) is 5.32 Å². The van der Waals surface area contributed by atoms with Crippen LogP contribution in [0.2, 0.25) is 10.0 Å². The molecule has 8 nitrogen and oxygen atoms in total. The highest BCUT2D eigenvalue weighted by atomic mass is 79.9. The molecule has 0 spiro atoms. The number of primary sulfonamides is 1. The summed E-state index contributed by atoms with van der Waals surface area (Å²) in [5.41, 5.74) is -0.176. The van der Waals surface area contributed by atoms with E-state index in [0.29, 0.717) is 0 Å². The van der Waals surface area contributed by atoms with Gasteiger partial charge in [-0.15, -0.1) is 0 Å². The number of carbonyl (C=O) groups is 2. The summed E-state index contributed by atoms with van der Waals surface area (Å²) in [4.78, 5) is 24.2. The van der Waals surface area contributed by atoms with Gasteiger partial charge in [-0.1, -0.05) is 36.2 Å². The zero-order chi connectivity index (χ0) is 27.5. The Morgan fingerprint density at radius 3 is 2.51 bits per heavy atom. The number of nitrogens with zero attached hydrogens (tertiary/aromatic N) is 1. The Morgan fingerprint density at radius 1 is 1.19 bits per heavy atom. The predicted octanol–water partition coefficient (Wildman–Crippen LogP) is 5.98. The molecule has 0 aliphatic carbocycles. The van der Waals surface area contributed by atoms with Crippen molar-refractivity contribution in [1.82, 2.24) is 0 Å². The lowest BCUT2D eigenvalue weighted by atomic mass is 10.1. The Balaban J connectivity index is 1.90. The number of anilines is 1. The molecule has 3 N–H and O–H groups in total. The average Bonchev–Trinajstić information content (AvgIpc) is 2.83. The number of ketones is 1. The second kappa shape index (κ2) is 11.6. The minimum absolute atomic E-state index is 0.00478. The number of benzene rings is 3. The first-order valence-corrected chi connectivity index (χ1v) is 13.5. The summed E-state index contributed by atoms with van der Waals surface area (Å²) >= 11 is 15.4. The molecule has 0 radical (unpaired) electrons. The van der Waals surface area contributed by atoms with Crippen LogP contribution in [-0.2, 0) is 21.2 Å². The molecule has 0 unspecified atom stereocenters. The highest BCUT2D eigenvalue weighted by Gasteiger charge is 2.25. The van der Waals surface area contributed by atoms with Gasteiger partial charge in [-0.2, -0.15) is 5.26 Å². The first-order chi connectivity index (χ1) is 17.3. The number of amides is 1. The Morgan fingerprint density at radius 2 is 1.89 bits per heavy atom. The first-order valence-electron chi connectivity index (χ1n) is 10.4. The van der Waals surface area contributed by atoms with E-state index < -0.39 is 43.9 Å².